The Hall–Kier alpha value is -4.10. The summed E-state index contributed by atoms with van der Waals surface area (Å²) < 4.78 is 5.55. The van der Waals surface area contributed by atoms with Gasteiger partial charge in [0.1, 0.15) is 11.5 Å². The molecule has 0 spiro atoms. The fraction of sp³-hybridized carbons (Fsp3) is 0.148. The van der Waals surface area contributed by atoms with Crippen LogP contribution in [0.2, 0.25) is 5.02 Å². The molecule has 0 radical (unpaired) electrons. The molecule has 7 nitrogen and oxygen atoms in total. The van der Waals surface area contributed by atoms with Crippen molar-refractivity contribution in [3.05, 3.63) is 100 Å². The number of Topliss-reactive ketones (excluding diaryl/α,β-unsaturated/α-hetero) is 1. The zero-order valence-electron chi connectivity index (χ0n) is 18.9. The van der Waals surface area contributed by atoms with Gasteiger partial charge in [-0.3, -0.25) is 14.6 Å². The Morgan fingerprint density at radius 3 is 2.77 bits per heavy atom. The molecule has 1 atom stereocenters. The van der Waals surface area contributed by atoms with Crippen molar-refractivity contribution in [3.63, 3.8) is 0 Å². The number of aromatic amines is 1. The summed E-state index contributed by atoms with van der Waals surface area (Å²) in [6.07, 6.45) is 5.05. The highest BCUT2D eigenvalue weighted by atomic mass is 35.5. The quantitative estimate of drug-likeness (QED) is 0.220. The number of nitrogens with one attached hydrogen (secondary N) is 1. The van der Waals surface area contributed by atoms with Crippen molar-refractivity contribution < 1.29 is 19.4 Å². The van der Waals surface area contributed by atoms with Crippen LogP contribution < -0.4 is 4.74 Å². The molecule has 1 aliphatic rings. The molecule has 0 saturated carbocycles. The fourth-order valence-corrected chi connectivity index (χ4v) is 4.67. The van der Waals surface area contributed by atoms with Crippen LogP contribution in [-0.2, 0) is 16.1 Å². The van der Waals surface area contributed by atoms with E-state index in [1.807, 2.05) is 37.3 Å². The molecule has 2 N–H and O–H groups in total. The predicted molar refractivity (Wildman–Crippen MR) is 133 cm³/mol. The number of pyridine rings is 1. The summed E-state index contributed by atoms with van der Waals surface area (Å²) >= 11 is 6.41. The number of ketones is 1. The number of benzene rings is 2. The number of fused-ring (bicyclic) bond motifs is 1. The smallest absolute Gasteiger partial charge is 0.295 e. The number of hydrogen-bond donors (Lipinski definition) is 2. The van der Waals surface area contributed by atoms with Gasteiger partial charge in [-0.1, -0.05) is 35.9 Å². The van der Waals surface area contributed by atoms with Crippen LogP contribution in [0.15, 0.2) is 78.8 Å². The summed E-state index contributed by atoms with van der Waals surface area (Å²) in [5.41, 5.74) is 2.50. The first kappa shape index (κ1) is 22.7. The molecule has 1 saturated heterocycles. The number of likely N-dealkylation sites (tertiary alicyclic amines) is 1. The molecule has 1 amide bonds. The minimum Gasteiger partial charge on any atom is -0.507 e. The number of hydrogen-bond acceptors (Lipinski definition) is 5. The van der Waals surface area contributed by atoms with Crippen molar-refractivity contribution >= 4 is 40.0 Å². The van der Waals surface area contributed by atoms with Gasteiger partial charge in [0.2, 0.25) is 0 Å². The van der Waals surface area contributed by atoms with Crippen LogP contribution in [0, 0.1) is 0 Å². The first-order chi connectivity index (χ1) is 17.0. The Kier molecular flexibility index (Phi) is 6.01. The van der Waals surface area contributed by atoms with E-state index in [4.69, 9.17) is 16.3 Å². The van der Waals surface area contributed by atoms with Crippen molar-refractivity contribution in [3.8, 4) is 5.75 Å². The van der Waals surface area contributed by atoms with Crippen LogP contribution in [-0.4, -0.2) is 38.3 Å². The summed E-state index contributed by atoms with van der Waals surface area (Å²) in [6, 6.07) is 15.2. The van der Waals surface area contributed by atoms with Gasteiger partial charge in [-0.2, -0.15) is 0 Å². The molecule has 4 aromatic rings. The summed E-state index contributed by atoms with van der Waals surface area (Å²) in [5, 5.41) is 12.5. The Bertz CT molecular complexity index is 1460. The van der Waals surface area contributed by atoms with Gasteiger partial charge in [0.25, 0.3) is 11.7 Å². The van der Waals surface area contributed by atoms with Gasteiger partial charge in [-0.25, -0.2) is 0 Å². The van der Waals surface area contributed by atoms with Gasteiger partial charge in [-0.05, 0) is 42.8 Å². The van der Waals surface area contributed by atoms with Crippen LogP contribution >= 0.6 is 11.6 Å². The third-order valence-electron chi connectivity index (χ3n) is 6.04. The summed E-state index contributed by atoms with van der Waals surface area (Å²) in [6.45, 7) is 2.41. The largest absolute Gasteiger partial charge is 0.507 e. The Morgan fingerprint density at radius 2 is 2.00 bits per heavy atom. The summed E-state index contributed by atoms with van der Waals surface area (Å²) in [7, 11) is 0. The number of rotatable bonds is 6. The number of aliphatic hydroxyl groups excluding tert-OH is 1. The number of carbonyl (C=O) groups excluding carboxylic acids is 2. The van der Waals surface area contributed by atoms with Gasteiger partial charge in [0.05, 0.1) is 23.2 Å². The van der Waals surface area contributed by atoms with Crippen LogP contribution in [0.4, 0.5) is 0 Å². The Labute approximate surface area is 206 Å². The minimum absolute atomic E-state index is 0.0285. The average Bonchev–Trinajstić information content (AvgIpc) is 3.40. The molecular weight excluding hydrogens is 466 g/mol. The van der Waals surface area contributed by atoms with Gasteiger partial charge in [0, 0.05) is 47.2 Å². The lowest BCUT2D eigenvalue weighted by molar-refractivity contribution is -0.140. The zero-order valence-corrected chi connectivity index (χ0v) is 19.6. The molecule has 1 unspecified atom stereocenters. The third-order valence-corrected chi connectivity index (χ3v) is 6.37. The Balaban J connectivity index is 1.72. The van der Waals surface area contributed by atoms with Crippen LogP contribution in [0.1, 0.15) is 29.7 Å². The first-order valence-electron chi connectivity index (χ1n) is 11.2. The summed E-state index contributed by atoms with van der Waals surface area (Å²) in [4.78, 5) is 35.5. The number of carbonyl (C=O) groups is 2. The number of aliphatic hydroxyl groups is 1. The maximum absolute atomic E-state index is 13.4. The number of amides is 1. The van der Waals surface area contributed by atoms with Gasteiger partial charge in [0.15, 0.2) is 0 Å². The molecular formula is C27H22ClN3O4. The lowest BCUT2D eigenvalue weighted by atomic mass is 9.94. The van der Waals surface area contributed by atoms with Crippen LogP contribution in [0.3, 0.4) is 0 Å². The van der Waals surface area contributed by atoms with Crippen molar-refractivity contribution in [2.75, 3.05) is 6.61 Å². The highest BCUT2D eigenvalue weighted by molar-refractivity contribution is 6.47. The van der Waals surface area contributed by atoms with E-state index in [1.165, 1.54) is 4.90 Å². The molecule has 3 heterocycles. The lowest BCUT2D eigenvalue weighted by Gasteiger charge is -2.25. The molecule has 8 heteroatoms. The van der Waals surface area contributed by atoms with E-state index in [-0.39, 0.29) is 28.5 Å². The molecule has 1 aliphatic heterocycles. The highest BCUT2D eigenvalue weighted by Gasteiger charge is 2.47. The average molecular weight is 488 g/mol. The number of para-hydroxylation sites is 1. The molecule has 0 bridgehead atoms. The molecule has 2 aromatic carbocycles. The maximum atomic E-state index is 13.4. The molecule has 176 valence electrons. The van der Waals surface area contributed by atoms with Crippen LogP contribution in [0.25, 0.3) is 16.7 Å². The normalized spacial score (nSPS) is 17.3. The number of H-pyrrole nitrogens is 1. The van der Waals surface area contributed by atoms with Gasteiger partial charge < -0.3 is 19.7 Å². The van der Waals surface area contributed by atoms with Crippen molar-refractivity contribution in [1.29, 1.82) is 0 Å². The third kappa shape index (κ3) is 4.04. The van der Waals surface area contributed by atoms with Crippen molar-refractivity contribution in [2.24, 2.45) is 0 Å². The van der Waals surface area contributed by atoms with Gasteiger partial charge in [-0.15, -0.1) is 0 Å². The van der Waals surface area contributed by atoms with Crippen molar-refractivity contribution in [1.82, 2.24) is 14.9 Å². The first-order valence-corrected chi connectivity index (χ1v) is 11.5. The monoisotopic (exact) mass is 487 g/mol. The standard InChI is InChI=1S/C27H22ClN3O4/c1-2-35-17-9-10-21(28)19(12-17)25(32)23-24(20-14-30-22-8-4-3-7-18(20)22)31(27(34)26(23)33)15-16-6-5-11-29-13-16/h3-14,24,30,32H,2,15H2,1H3/b25-23+. The number of aromatic nitrogens is 2. The van der Waals surface area contributed by atoms with E-state index >= 15 is 0 Å². The SMILES string of the molecule is CCOc1ccc(Cl)c(/C(O)=C2\C(=O)C(=O)N(Cc3cccnc3)C2c2c[nH]c3ccccc23)c1. The number of halogens is 1. The van der Waals surface area contributed by atoms with Crippen molar-refractivity contribution in [2.45, 2.75) is 19.5 Å². The second-order valence-corrected chi connectivity index (χ2v) is 8.56. The highest BCUT2D eigenvalue weighted by Crippen LogP contribution is 2.43. The topological polar surface area (TPSA) is 95.5 Å². The van der Waals surface area contributed by atoms with Gasteiger partial charge >= 0.3 is 0 Å². The van der Waals surface area contributed by atoms with E-state index in [0.29, 0.717) is 17.9 Å². The molecule has 1 fully saturated rings. The molecule has 2 aromatic heterocycles. The summed E-state index contributed by atoms with van der Waals surface area (Å²) in [5.74, 6) is -1.34. The van der Waals surface area contributed by atoms with E-state index in [2.05, 4.69) is 9.97 Å². The van der Waals surface area contributed by atoms with E-state index in [0.717, 1.165) is 16.5 Å². The number of nitrogens with zero attached hydrogens (tertiary/aromatic N) is 2. The maximum Gasteiger partial charge on any atom is 0.295 e. The minimum atomic E-state index is -0.835. The van der Waals surface area contributed by atoms with E-state index in [9.17, 15) is 14.7 Å². The fourth-order valence-electron chi connectivity index (χ4n) is 4.46. The molecule has 5 rings (SSSR count). The molecule has 0 aliphatic carbocycles. The second-order valence-electron chi connectivity index (χ2n) is 8.15. The number of ether oxygens (including phenoxy) is 1. The Morgan fingerprint density at radius 1 is 1.17 bits per heavy atom. The van der Waals surface area contributed by atoms with E-state index in [1.54, 1.807) is 42.9 Å². The van der Waals surface area contributed by atoms with Crippen LogP contribution in [0.5, 0.6) is 5.75 Å². The van der Waals surface area contributed by atoms with E-state index < -0.39 is 17.7 Å². The predicted octanol–water partition coefficient (Wildman–Crippen LogP) is 5.24. The lowest BCUT2D eigenvalue weighted by Crippen LogP contribution is -2.29. The second kappa shape index (κ2) is 9.27. The molecule has 35 heavy (non-hydrogen) atoms. The zero-order chi connectivity index (χ0) is 24.5.